The van der Waals surface area contributed by atoms with Crippen molar-refractivity contribution in [3.63, 3.8) is 0 Å². The maximum atomic E-state index is 14.0. The number of carbonyl (C=O) groups excluding carboxylic acids is 2. The molecule has 1 saturated heterocycles. The van der Waals surface area contributed by atoms with E-state index in [0.717, 1.165) is 27.2 Å². The van der Waals surface area contributed by atoms with Gasteiger partial charge in [-0.05, 0) is 42.0 Å². The Kier molecular flexibility index (Phi) is 6.48. The van der Waals surface area contributed by atoms with Crippen molar-refractivity contribution in [3.8, 4) is 11.1 Å². The van der Waals surface area contributed by atoms with E-state index in [1.54, 1.807) is 5.32 Å². The summed E-state index contributed by atoms with van der Waals surface area (Å²) in [5, 5.41) is 10.9. The lowest BCUT2D eigenvalue weighted by Gasteiger charge is -2.39. The summed E-state index contributed by atoms with van der Waals surface area (Å²) in [6.45, 7) is -0.0270. The highest BCUT2D eigenvalue weighted by molar-refractivity contribution is 5.91. The third-order valence-electron chi connectivity index (χ3n) is 6.75. The first-order chi connectivity index (χ1) is 16.5. The van der Waals surface area contributed by atoms with Crippen molar-refractivity contribution in [2.24, 2.45) is 5.92 Å². The van der Waals surface area contributed by atoms with Crippen LogP contribution in [-0.4, -0.2) is 59.4 Å². The lowest BCUT2D eigenvalue weighted by atomic mass is 9.94. The molecule has 1 aliphatic carbocycles. The predicted octanol–water partition coefficient (Wildman–Crippen LogP) is 4.17. The van der Waals surface area contributed by atoms with Crippen molar-refractivity contribution < 1.29 is 37.4 Å². The van der Waals surface area contributed by atoms with E-state index in [0.29, 0.717) is 6.92 Å². The first-order valence-electron chi connectivity index (χ1n) is 11.2. The van der Waals surface area contributed by atoms with Crippen LogP contribution >= 0.6 is 0 Å². The van der Waals surface area contributed by atoms with Crippen LogP contribution in [0.4, 0.5) is 18.0 Å². The fourth-order valence-electron chi connectivity index (χ4n) is 4.76. The summed E-state index contributed by atoms with van der Waals surface area (Å²) in [7, 11) is 0. The Balaban J connectivity index is 1.49. The molecule has 1 unspecified atom stereocenters. The molecule has 0 saturated carbocycles. The second-order valence-electron chi connectivity index (χ2n) is 9.00. The predicted molar refractivity (Wildman–Crippen MR) is 120 cm³/mol. The number of piperidine rings is 1. The molecule has 186 valence electrons. The highest BCUT2D eigenvalue weighted by Gasteiger charge is 2.60. The highest BCUT2D eigenvalue weighted by atomic mass is 19.4. The Morgan fingerprint density at radius 2 is 1.63 bits per heavy atom. The minimum Gasteiger partial charge on any atom is -0.481 e. The second kappa shape index (κ2) is 9.24. The number of likely N-dealkylation sites (tertiary alicyclic amines) is 1. The number of carboxylic acid groups (broad SMARTS) is 1. The number of rotatable bonds is 5. The maximum Gasteiger partial charge on any atom is 0.420 e. The molecule has 35 heavy (non-hydrogen) atoms. The van der Waals surface area contributed by atoms with E-state index in [-0.39, 0.29) is 38.5 Å². The molecule has 0 spiro atoms. The fourth-order valence-corrected chi connectivity index (χ4v) is 4.76. The van der Waals surface area contributed by atoms with E-state index >= 15 is 0 Å². The normalized spacial score (nSPS) is 19.3. The van der Waals surface area contributed by atoms with Gasteiger partial charge < -0.3 is 14.7 Å². The number of carboxylic acids is 1. The average Bonchev–Trinajstić information content (AvgIpc) is 3.15. The van der Waals surface area contributed by atoms with Crippen molar-refractivity contribution in [2.75, 3.05) is 19.7 Å². The van der Waals surface area contributed by atoms with Gasteiger partial charge in [-0.3, -0.25) is 14.9 Å². The van der Waals surface area contributed by atoms with Crippen molar-refractivity contribution in [1.29, 1.82) is 0 Å². The Hall–Kier alpha value is -3.56. The topological polar surface area (TPSA) is 95.9 Å². The minimum atomic E-state index is -5.13. The van der Waals surface area contributed by atoms with Gasteiger partial charge >= 0.3 is 18.2 Å². The Morgan fingerprint density at radius 3 is 2.17 bits per heavy atom. The molecule has 2 atom stereocenters. The standard InChI is InChI=1S/C25H25F3N2O5/c1-24(25(26,27)28,22(33)30-12-6-7-15(13-30)21(31)32)29-23(34)35-14-20-18-10-4-2-8-16(18)17-9-3-5-11-19(17)20/h2-5,8-11,15,20H,6-7,12-14H2,1H3,(H,29,34)(H,31,32)/t15-,24?/m0/s1. The number of benzene rings is 2. The Bertz CT molecular complexity index is 1110. The van der Waals surface area contributed by atoms with Gasteiger partial charge in [-0.15, -0.1) is 0 Å². The van der Waals surface area contributed by atoms with Crippen LogP contribution in [0.3, 0.4) is 0 Å². The number of carbonyl (C=O) groups is 3. The number of hydrogen-bond donors (Lipinski definition) is 2. The number of nitrogens with one attached hydrogen (secondary N) is 1. The van der Waals surface area contributed by atoms with Gasteiger partial charge in [0.05, 0.1) is 5.92 Å². The van der Waals surface area contributed by atoms with Crippen LogP contribution in [0.25, 0.3) is 11.1 Å². The van der Waals surface area contributed by atoms with E-state index in [4.69, 9.17) is 4.74 Å². The third kappa shape index (κ3) is 4.56. The summed E-state index contributed by atoms with van der Waals surface area (Å²) in [6.07, 6.45) is -6.00. The molecule has 1 aliphatic heterocycles. The lowest BCUT2D eigenvalue weighted by Crippen LogP contribution is -2.66. The van der Waals surface area contributed by atoms with Gasteiger partial charge in [-0.25, -0.2) is 4.79 Å². The summed E-state index contributed by atoms with van der Waals surface area (Å²) < 4.78 is 47.3. The molecular formula is C25H25F3N2O5. The molecule has 2 aromatic carbocycles. The third-order valence-corrected chi connectivity index (χ3v) is 6.75. The van der Waals surface area contributed by atoms with Gasteiger partial charge in [0.2, 0.25) is 5.54 Å². The first-order valence-corrected chi connectivity index (χ1v) is 11.2. The molecule has 0 bridgehead atoms. The number of hydrogen-bond acceptors (Lipinski definition) is 4. The van der Waals surface area contributed by atoms with Gasteiger partial charge in [-0.2, -0.15) is 13.2 Å². The minimum absolute atomic E-state index is 0.0271. The molecule has 0 radical (unpaired) electrons. The molecule has 2 aliphatic rings. The van der Waals surface area contributed by atoms with E-state index < -0.39 is 35.6 Å². The quantitative estimate of drug-likeness (QED) is 0.656. The summed E-state index contributed by atoms with van der Waals surface area (Å²) in [5.74, 6) is -3.91. The van der Waals surface area contributed by atoms with Gasteiger partial charge in [0, 0.05) is 19.0 Å². The molecule has 2 amide bonds. The summed E-state index contributed by atoms with van der Waals surface area (Å²) in [5.41, 5.74) is 0.444. The number of halogens is 3. The van der Waals surface area contributed by atoms with Crippen LogP contribution in [0.5, 0.6) is 0 Å². The largest absolute Gasteiger partial charge is 0.481 e. The van der Waals surface area contributed by atoms with E-state index in [2.05, 4.69) is 0 Å². The number of nitrogens with zero attached hydrogens (tertiary/aromatic N) is 1. The van der Waals surface area contributed by atoms with E-state index in [9.17, 15) is 32.7 Å². The number of ether oxygens (including phenoxy) is 1. The second-order valence-corrected chi connectivity index (χ2v) is 9.00. The van der Waals surface area contributed by atoms with Crippen LogP contribution in [0.2, 0.25) is 0 Å². The molecule has 10 heteroatoms. The van der Waals surface area contributed by atoms with Crippen LogP contribution in [-0.2, 0) is 14.3 Å². The lowest BCUT2D eigenvalue weighted by molar-refractivity contribution is -0.201. The SMILES string of the molecule is CC(NC(=O)OCC1c2ccccc2-c2ccccc21)(C(=O)N1CCC[C@H](C(=O)O)C1)C(F)(F)F. The zero-order chi connectivity index (χ0) is 25.4. The van der Waals surface area contributed by atoms with Crippen molar-refractivity contribution in [2.45, 2.75) is 37.4 Å². The van der Waals surface area contributed by atoms with Gasteiger partial charge in [0.25, 0.3) is 5.91 Å². The zero-order valence-corrected chi connectivity index (χ0v) is 19.0. The molecular weight excluding hydrogens is 465 g/mol. The van der Waals surface area contributed by atoms with E-state index in [1.165, 1.54) is 0 Å². The van der Waals surface area contributed by atoms with Crippen LogP contribution < -0.4 is 5.32 Å². The molecule has 2 aromatic rings. The van der Waals surface area contributed by atoms with Crippen molar-refractivity contribution >= 4 is 18.0 Å². The molecule has 4 rings (SSSR count). The maximum absolute atomic E-state index is 14.0. The van der Waals surface area contributed by atoms with Crippen molar-refractivity contribution in [3.05, 3.63) is 59.7 Å². The smallest absolute Gasteiger partial charge is 0.420 e. The number of aliphatic carboxylic acids is 1. The number of alkyl carbamates (subject to hydrolysis) is 1. The molecule has 1 fully saturated rings. The van der Waals surface area contributed by atoms with Gasteiger partial charge in [-0.1, -0.05) is 48.5 Å². The Labute approximate surface area is 199 Å². The zero-order valence-electron chi connectivity index (χ0n) is 19.0. The van der Waals surface area contributed by atoms with Gasteiger partial charge in [0.15, 0.2) is 0 Å². The van der Waals surface area contributed by atoms with Gasteiger partial charge in [0.1, 0.15) is 6.61 Å². The van der Waals surface area contributed by atoms with Crippen LogP contribution in [0, 0.1) is 5.92 Å². The first kappa shape index (κ1) is 24.6. The molecule has 7 nitrogen and oxygen atoms in total. The molecule has 2 N–H and O–H groups in total. The van der Waals surface area contributed by atoms with Crippen LogP contribution in [0.1, 0.15) is 36.8 Å². The van der Waals surface area contributed by atoms with Crippen LogP contribution in [0.15, 0.2) is 48.5 Å². The number of alkyl halides is 3. The summed E-state index contributed by atoms with van der Waals surface area (Å²) in [4.78, 5) is 37.6. The number of amides is 2. The molecule has 0 aromatic heterocycles. The Morgan fingerprint density at radius 1 is 1.06 bits per heavy atom. The van der Waals surface area contributed by atoms with Crippen molar-refractivity contribution in [1.82, 2.24) is 10.2 Å². The molecule has 1 heterocycles. The summed E-state index contributed by atoms with van der Waals surface area (Å²) in [6, 6.07) is 15.0. The fraction of sp³-hybridized carbons (Fsp3) is 0.400. The monoisotopic (exact) mass is 490 g/mol. The average molecular weight is 490 g/mol. The van der Waals surface area contributed by atoms with E-state index in [1.807, 2.05) is 48.5 Å². The highest BCUT2D eigenvalue weighted by Crippen LogP contribution is 2.44. The number of fused-ring (bicyclic) bond motifs is 3. The summed E-state index contributed by atoms with van der Waals surface area (Å²) >= 11 is 0.